The van der Waals surface area contributed by atoms with Crippen molar-refractivity contribution in [2.75, 3.05) is 19.4 Å². The van der Waals surface area contributed by atoms with Crippen LogP contribution < -0.4 is 5.32 Å². The zero-order valence-electron chi connectivity index (χ0n) is 10.3. The SMILES string of the molecule is CCNC(CSCc1ccccc1)C(=O)OC. The van der Waals surface area contributed by atoms with Gasteiger partial charge in [-0.3, -0.25) is 4.79 Å². The van der Waals surface area contributed by atoms with E-state index in [0.29, 0.717) is 0 Å². The van der Waals surface area contributed by atoms with Gasteiger partial charge in [0.15, 0.2) is 0 Å². The first-order valence-corrected chi connectivity index (χ1v) is 6.86. The molecule has 17 heavy (non-hydrogen) atoms. The van der Waals surface area contributed by atoms with Gasteiger partial charge in [0, 0.05) is 11.5 Å². The topological polar surface area (TPSA) is 38.3 Å². The minimum absolute atomic E-state index is 0.188. The van der Waals surface area contributed by atoms with E-state index >= 15 is 0 Å². The van der Waals surface area contributed by atoms with E-state index in [-0.39, 0.29) is 12.0 Å². The van der Waals surface area contributed by atoms with Crippen LogP contribution in [0.1, 0.15) is 12.5 Å². The van der Waals surface area contributed by atoms with Gasteiger partial charge in [0.05, 0.1) is 7.11 Å². The highest BCUT2D eigenvalue weighted by atomic mass is 32.2. The first-order chi connectivity index (χ1) is 8.27. The fourth-order valence-corrected chi connectivity index (χ4v) is 2.50. The van der Waals surface area contributed by atoms with Crippen molar-refractivity contribution in [2.45, 2.75) is 18.7 Å². The van der Waals surface area contributed by atoms with Crippen LogP contribution in [0.15, 0.2) is 30.3 Å². The fourth-order valence-electron chi connectivity index (χ4n) is 1.47. The van der Waals surface area contributed by atoms with Crippen LogP contribution in [0.4, 0.5) is 0 Å². The Labute approximate surface area is 107 Å². The molecule has 0 bridgehead atoms. The standard InChI is InChI=1S/C13H19NO2S/c1-3-14-12(13(15)16-2)10-17-9-11-7-5-4-6-8-11/h4-8,12,14H,3,9-10H2,1-2H3. The molecule has 1 aromatic rings. The van der Waals surface area contributed by atoms with E-state index in [1.807, 2.05) is 25.1 Å². The van der Waals surface area contributed by atoms with Crippen molar-refractivity contribution in [1.29, 1.82) is 0 Å². The van der Waals surface area contributed by atoms with E-state index in [0.717, 1.165) is 18.1 Å². The Kier molecular flexibility index (Phi) is 6.74. The monoisotopic (exact) mass is 253 g/mol. The van der Waals surface area contributed by atoms with Gasteiger partial charge < -0.3 is 10.1 Å². The average Bonchev–Trinajstić information content (AvgIpc) is 2.38. The van der Waals surface area contributed by atoms with Crippen LogP contribution in [0.3, 0.4) is 0 Å². The number of hydrogen-bond donors (Lipinski definition) is 1. The van der Waals surface area contributed by atoms with E-state index in [1.165, 1.54) is 12.7 Å². The Morgan fingerprint density at radius 2 is 2.12 bits per heavy atom. The van der Waals surface area contributed by atoms with Crippen LogP contribution in [0.25, 0.3) is 0 Å². The highest BCUT2D eigenvalue weighted by Crippen LogP contribution is 2.13. The molecule has 1 N–H and O–H groups in total. The zero-order valence-corrected chi connectivity index (χ0v) is 11.1. The molecular weight excluding hydrogens is 234 g/mol. The molecule has 0 aromatic heterocycles. The van der Waals surface area contributed by atoms with Gasteiger partial charge in [-0.15, -0.1) is 0 Å². The van der Waals surface area contributed by atoms with Gasteiger partial charge in [-0.1, -0.05) is 37.3 Å². The Bertz CT molecular complexity index is 329. The summed E-state index contributed by atoms with van der Waals surface area (Å²) in [6.07, 6.45) is 0. The minimum atomic E-state index is -0.210. The quantitative estimate of drug-likeness (QED) is 0.755. The number of nitrogens with one attached hydrogen (secondary N) is 1. The maximum absolute atomic E-state index is 11.4. The van der Waals surface area contributed by atoms with E-state index in [1.54, 1.807) is 11.8 Å². The van der Waals surface area contributed by atoms with Crippen LogP contribution in [0.5, 0.6) is 0 Å². The van der Waals surface area contributed by atoms with Crippen molar-refractivity contribution in [3.05, 3.63) is 35.9 Å². The lowest BCUT2D eigenvalue weighted by molar-refractivity contribution is -0.142. The second-order valence-corrected chi connectivity index (χ2v) is 4.66. The molecule has 0 radical (unpaired) electrons. The molecule has 0 amide bonds. The third-order valence-corrected chi connectivity index (χ3v) is 3.44. The summed E-state index contributed by atoms with van der Waals surface area (Å²) in [6, 6.07) is 10.0. The maximum Gasteiger partial charge on any atom is 0.323 e. The van der Waals surface area contributed by atoms with Crippen LogP contribution in [0, 0.1) is 0 Å². The molecule has 1 atom stereocenters. The van der Waals surface area contributed by atoms with Gasteiger partial charge >= 0.3 is 5.97 Å². The number of hydrogen-bond acceptors (Lipinski definition) is 4. The molecule has 0 aliphatic carbocycles. The molecular formula is C13H19NO2S. The summed E-state index contributed by atoms with van der Waals surface area (Å²) in [5, 5.41) is 3.12. The van der Waals surface area contributed by atoms with E-state index in [9.17, 15) is 4.79 Å². The van der Waals surface area contributed by atoms with Crippen molar-refractivity contribution in [3.8, 4) is 0 Å². The highest BCUT2D eigenvalue weighted by Gasteiger charge is 2.17. The predicted molar refractivity (Wildman–Crippen MR) is 72.1 cm³/mol. The molecule has 4 heteroatoms. The number of carbonyl (C=O) groups is 1. The molecule has 0 fully saturated rings. The Hall–Kier alpha value is -1.00. The average molecular weight is 253 g/mol. The molecule has 0 spiro atoms. The number of esters is 1. The predicted octanol–water partition coefficient (Wildman–Crippen LogP) is 2.07. The van der Waals surface area contributed by atoms with Gasteiger partial charge in [-0.25, -0.2) is 0 Å². The van der Waals surface area contributed by atoms with Crippen molar-refractivity contribution < 1.29 is 9.53 Å². The summed E-state index contributed by atoms with van der Waals surface area (Å²) in [4.78, 5) is 11.4. The fraction of sp³-hybridized carbons (Fsp3) is 0.462. The molecule has 0 saturated heterocycles. The number of benzene rings is 1. The van der Waals surface area contributed by atoms with Gasteiger partial charge in [0.25, 0.3) is 0 Å². The summed E-state index contributed by atoms with van der Waals surface area (Å²) in [7, 11) is 1.43. The molecule has 1 rings (SSSR count). The third kappa shape index (κ3) is 5.24. The van der Waals surface area contributed by atoms with Gasteiger partial charge in [0.1, 0.15) is 6.04 Å². The van der Waals surface area contributed by atoms with E-state index in [2.05, 4.69) is 17.4 Å². The number of ether oxygens (including phenoxy) is 1. The molecule has 0 heterocycles. The summed E-state index contributed by atoms with van der Waals surface area (Å²) in [6.45, 7) is 2.75. The second kappa shape index (κ2) is 8.14. The number of thioether (sulfide) groups is 1. The van der Waals surface area contributed by atoms with Crippen molar-refractivity contribution in [3.63, 3.8) is 0 Å². The number of rotatable bonds is 7. The summed E-state index contributed by atoms with van der Waals surface area (Å²) in [5.41, 5.74) is 1.28. The Morgan fingerprint density at radius 1 is 1.41 bits per heavy atom. The lowest BCUT2D eigenvalue weighted by Gasteiger charge is -2.14. The van der Waals surface area contributed by atoms with Crippen LogP contribution in [-0.2, 0) is 15.3 Å². The maximum atomic E-state index is 11.4. The molecule has 0 aliphatic heterocycles. The van der Waals surface area contributed by atoms with Crippen molar-refractivity contribution in [1.82, 2.24) is 5.32 Å². The van der Waals surface area contributed by atoms with Crippen LogP contribution >= 0.6 is 11.8 Å². The molecule has 1 aromatic carbocycles. The van der Waals surface area contributed by atoms with Gasteiger partial charge in [-0.2, -0.15) is 11.8 Å². The molecule has 3 nitrogen and oxygen atoms in total. The first kappa shape index (κ1) is 14.1. The molecule has 0 aliphatic rings. The van der Waals surface area contributed by atoms with E-state index in [4.69, 9.17) is 4.74 Å². The summed E-state index contributed by atoms with van der Waals surface area (Å²) >= 11 is 1.73. The van der Waals surface area contributed by atoms with Crippen LogP contribution in [0.2, 0.25) is 0 Å². The van der Waals surface area contributed by atoms with Gasteiger partial charge in [-0.05, 0) is 12.1 Å². The smallest absolute Gasteiger partial charge is 0.323 e. The summed E-state index contributed by atoms with van der Waals surface area (Å²) < 4.78 is 4.75. The lowest BCUT2D eigenvalue weighted by atomic mass is 10.2. The normalized spacial score (nSPS) is 12.1. The second-order valence-electron chi connectivity index (χ2n) is 3.63. The minimum Gasteiger partial charge on any atom is -0.468 e. The first-order valence-electron chi connectivity index (χ1n) is 5.70. The lowest BCUT2D eigenvalue weighted by Crippen LogP contribution is -2.39. The molecule has 1 unspecified atom stereocenters. The zero-order chi connectivity index (χ0) is 12.5. The van der Waals surface area contributed by atoms with E-state index < -0.39 is 0 Å². The highest BCUT2D eigenvalue weighted by molar-refractivity contribution is 7.98. The summed E-state index contributed by atoms with van der Waals surface area (Å²) in [5.74, 6) is 1.46. The molecule has 0 saturated carbocycles. The number of carbonyl (C=O) groups excluding carboxylic acids is 1. The van der Waals surface area contributed by atoms with Crippen molar-refractivity contribution in [2.24, 2.45) is 0 Å². The largest absolute Gasteiger partial charge is 0.468 e. The Morgan fingerprint density at radius 3 is 2.71 bits per heavy atom. The number of methoxy groups -OCH3 is 1. The van der Waals surface area contributed by atoms with Crippen LogP contribution in [-0.4, -0.2) is 31.4 Å². The molecule has 94 valence electrons. The Balaban J connectivity index is 2.34. The van der Waals surface area contributed by atoms with Gasteiger partial charge in [0.2, 0.25) is 0 Å². The third-order valence-electron chi connectivity index (χ3n) is 2.33. The number of likely N-dealkylation sites (N-methyl/N-ethyl adjacent to an activating group) is 1. The van der Waals surface area contributed by atoms with Crippen molar-refractivity contribution >= 4 is 17.7 Å².